The minimum absolute atomic E-state index is 0. The molecular weight excluding hydrogens is 517 g/mol. The van der Waals surface area contributed by atoms with E-state index in [1.807, 2.05) is 17.0 Å². The highest BCUT2D eigenvalue weighted by atomic mass is 127. The number of pyridine rings is 1. The van der Waals surface area contributed by atoms with Crippen molar-refractivity contribution in [2.24, 2.45) is 4.99 Å². The van der Waals surface area contributed by atoms with Gasteiger partial charge in [0.15, 0.2) is 5.96 Å². The van der Waals surface area contributed by atoms with Crippen LogP contribution in [-0.4, -0.2) is 87.8 Å². The summed E-state index contributed by atoms with van der Waals surface area (Å²) in [6.45, 7) is 12.9. The van der Waals surface area contributed by atoms with Gasteiger partial charge in [0.2, 0.25) is 5.91 Å². The average molecular weight is 553 g/mol. The van der Waals surface area contributed by atoms with Crippen LogP contribution in [0.2, 0.25) is 0 Å². The highest BCUT2D eigenvalue weighted by molar-refractivity contribution is 14.0. The van der Waals surface area contributed by atoms with Crippen molar-refractivity contribution in [2.75, 3.05) is 45.8 Å². The van der Waals surface area contributed by atoms with Crippen molar-refractivity contribution >= 4 is 41.5 Å². The minimum Gasteiger partial charge on any atom is -0.357 e. The van der Waals surface area contributed by atoms with E-state index in [2.05, 4.69) is 52.6 Å². The van der Waals surface area contributed by atoms with E-state index in [1.54, 1.807) is 0 Å². The second-order valence-corrected chi connectivity index (χ2v) is 8.53. The number of halogens is 1. The molecule has 1 unspecified atom stereocenters. The maximum absolute atomic E-state index is 12.7. The van der Waals surface area contributed by atoms with Gasteiger partial charge in [-0.3, -0.25) is 9.69 Å². The summed E-state index contributed by atoms with van der Waals surface area (Å²) in [5, 5.41) is 3.43. The number of fused-ring (bicyclic) bond motifs is 1. The normalized spacial score (nSPS) is 18.7. The molecule has 0 saturated carbocycles. The van der Waals surface area contributed by atoms with Gasteiger partial charge < -0.3 is 19.5 Å². The molecule has 4 rings (SSSR count). The van der Waals surface area contributed by atoms with E-state index in [1.165, 1.54) is 5.69 Å². The Morgan fingerprint density at radius 2 is 1.84 bits per heavy atom. The van der Waals surface area contributed by atoms with Crippen LogP contribution in [-0.2, 0) is 11.3 Å². The highest BCUT2D eigenvalue weighted by Gasteiger charge is 2.30. The predicted molar refractivity (Wildman–Crippen MR) is 139 cm³/mol. The molecule has 2 aromatic heterocycles. The molecule has 0 aromatic carbocycles. The summed E-state index contributed by atoms with van der Waals surface area (Å²) in [4.78, 5) is 28.9. The van der Waals surface area contributed by atoms with Crippen molar-refractivity contribution < 1.29 is 4.79 Å². The zero-order chi connectivity index (χ0) is 21.8. The lowest BCUT2D eigenvalue weighted by molar-refractivity contribution is -0.135. The van der Waals surface area contributed by atoms with Gasteiger partial charge in [0.05, 0.1) is 18.3 Å². The second kappa shape index (κ2) is 11.3. The number of nitrogens with zero attached hydrogens (tertiary/aromatic N) is 6. The van der Waals surface area contributed by atoms with Crippen LogP contribution in [0.1, 0.15) is 38.1 Å². The molecule has 4 heterocycles. The fourth-order valence-corrected chi connectivity index (χ4v) is 4.54. The Balaban J connectivity index is 0.00000289. The van der Waals surface area contributed by atoms with E-state index in [4.69, 9.17) is 9.98 Å². The molecule has 2 aliphatic rings. The van der Waals surface area contributed by atoms with Gasteiger partial charge in [0.1, 0.15) is 5.65 Å². The molecule has 2 aromatic rings. The SMILES string of the molecule is CCNC(=NCc1cn2c(C)cccc2n1)N1CCN(C(C)C(=O)N2CCCC2)CC1.I. The molecular formula is C23H36IN7O. The molecule has 0 radical (unpaired) electrons. The Hall–Kier alpha value is -1.88. The monoisotopic (exact) mass is 553 g/mol. The molecule has 8 nitrogen and oxygen atoms in total. The molecule has 2 fully saturated rings. The number of imidazole rings is 1. The number of piperazine rings is 1. The fraction of sp³-hybridized carbons (Fsp3) is 0.609. The first kappa shape index (κ1) is 24.8. The van der Waals surface area contributed by atoms with Crippen LogP contribution in [0.4, 0.5) is 0 Å². The molecule has 9 heteroatoms. The van der Waals surface area contributed by atoms with Crippen molar-refractivity contribution in [1.82, 2.24) is 29.4 Å². The number of rotatable bonds is 5. The Bertz CT molecular complexity index is 930. The lowest BCUT2D eigenvalue weighted by Gasteiger charge is -2.39. The zero-order valence-electron chi connectivity index (χ0n) is 19.5. The smallest absolute Gasteiger partial charge is 0.239 e. The second-order valence-electron chi connectivity index (χ2n) is 8.53. The summed E-state index contributed by atoms with van der Waals surface area (Å²) < 4.78 is 2.11. The van der Waals surface area contributed by atoms with E-state index < -0.39 is 0 Å². The van der Waals surface area contributed by atoms with Gasteiger partial charge in [-0.25, -0.2) is 9.98 Å². The van der Waals surface area contributed by atoms with Gasteiger partial charge >= 0.3 is 0 Å². The largest absolute Gasteiger partial charge is 0.357 e. The standard InChI is InChI=1S/C23H35N7O.HI/c1-4-24-23(25-16-20-17-30-18(2)8-7-9-21(30)26-20)29-14-12-27(13-15-29)19(3)22(31)28-10-5-6-11-28;/h7-9,17,19H,4-6,10-16H2,1-3H3,(H,24,25);1H. The fourth-order valence-electron chi connectivity index (χ4n) is 4.54. The molecule has 0 spiro atoms. The van der Waals surface area contributed by atoms with Gasteiger partial charge in [-0.1, -0.05) is 6.07 Å². The molecule has 176 valence electrons. The van der Waals surface area contributed by atoms with Crippen LogP contribution in [0.25, 0.3) is 5.65 Å². The van der Waals surface area contributed by atoms with E-state index in [0.717, 1.165) is 76.0 Å². The summed E-state index contributed by atoms with van der Waals surface area (Å²) in [6, 6.07) is 6.10. The van der Waals surface area contributed by atoms with Crippen LogP contribution < -0.4 is 5.32 Å². The third-order valence-electron chi connectivity index (χ3n) is 6.41. The van der Waals surface area contributed by atoms with E-state index in [0.29, 0.717) is 6.54 Å². The number of likely N-dealkylation sites (tertiary alicyclic amines) is 1. The molecule has 2 saturated heterocycles. The number of hydrogen-bond donors (Lipinski definition) is 1. The first-order chi connectivity index (χ1) is 15.1. The van der Waals surface area contributed by atoms with Crippen molar-refractivity contribution in [3.05, 3.63) is 35.8 Å². The third-order valence-corrected chi connectivity index (χ3v) is 6.41. The van der Waals surface area contributed by atoms with Gasteiger partial charge in [0.25, 0.3) is 0 Å². The quantitative estimate of drug-likeness (QED) is 0.350. The van der Waals surface area contributed by atoms with E-state index >= 15 is 0 Å². The number of aryl methyl sites for hydroxylation is 1. The first-order valence-electron chi connectivity index (χ1n) is 11.6. The highest BCUT2D eigenvalue weighted by Crippen LogP contribution is 2.14. The van der Waals surface area contributed by atoms with Crippen LogP contribution >= 0.6 is 24.0 Å². The molecule has 0 bridgehead atoms. The lowest BCUT2D eigenvalue weighted by atomic mass is 10.2. The Kier molecular flexibility index (Phi) is 8.75. The number of amides is 1. The van der Waals surface area contributed by atoms with Crippen LogP contribution in [0.5, 0.6) is 0 Å². The van der Waals surface area contributed by atoms with Gasteiger partial charge in [-0.05, 0) is 45.7 Å². The summed E-state index contributed by atoms with van der Waals surface area (Å²) >= 11 is 0. The maximum Gasteiger partial charge on any atom is 0.239 e. The van der Waals surface area contributed by atoms with Gasteiger partial charge in [-0.15, -0.1) is 24.0 Å². The summed E-state index contributed by atoms with van der Waals surface area (Å²) in [5.41, 5.74) is 3.09. The molecule has 32 heavy (non-hydrogen) atoms. The Labute approximate surface area is 208 Å². The predicted octanol–water partition coefficient (Wildman–Crippen LogP) is 2.35. The van der Waals surface area contributed by atoms with Crippen LogP contribution in [0, 0.1) is 6.92 Å². The van der Waals surface area contributed by atoms with Gasteiger partial charge in [-0.2, -0.15) is 0 Å². The van der Waals surface area contributed by atoms with E-state index in [-0.39, 0.29) is 35.9 Å². The number of nitrogens with one attached hydrogen (secondary N) is 1. The number of aromatic nitrogens is 2. The topological polar surface area (TPSA) is 68.5 Å². The minimum atomic E-state index is -0.0408. The molecule has 1 amide bonds. The van der Waals surface area contributed by atoms with Crippen molar-refractivity contribution in [3.63, 3.8) is 0 Å². The first-order valence-corrected chi connectivity index (χ1v) is 11.6. The molecule has 2 aliphatic heterocycles. The zero-order valence-corrected chi connectivity index (χ0v) is 21.8. The molecule has 0 aliphatic carbocycles. The maximum atomic E-state index is 12.7. The number of hydrogen-bond acceptors (Lipinski definition) is 4. The number of carbonyl (C=O) groups is 1. The summed E-state index contributed by atoms with van der Waals surface area (Å²) in [5.74, 6) is 1.21. The molecule has 1 atom stereocenters. The number of guanidine groups is 1. The number of aliphatic imine (C=N–C) groups is 1. The number of carbonyl (C=O) groups excluding carboxylic acids is 1. The average Bonchev–Trinajstić information content (AvgIpc) is 3.46. The van der Waals surface area contributed by atoms with Crippen molar-refractivity contribution in [3.8, 4) is 0 Å². The molecule has 1 N–H and O–H groups in total. The van der Waals surface area contributed by atoms with E-state index in [9.17, 15) is 4.79 Å². The van der Waals surface area contributed by atoms with Crippen molar-refractivity contribution in [1.29, 1.82) is 0 Å². The lowest BCUT2D eigenvalue weighted by Crippen LogP contribution is -2.57. The third kappa shape index (κ3) is 5.54. The van der Waals surface area contributed by atoms with Crippen molar-refractivity contribution in [2.45, 2.75) is 46.2 Å². The van der Waals surface area contributed by atoms with Crippen LogP contribution in [0.15, 0.2) is 29.4 Å². The Morgan fingerprint density at radius 1 is 1.12 bits per heavy atom. The summed E-state index contributed by atoms with van der Waals surface area (Å²) in [7, 11) is 0. The van der Waals surface area contributed by atoms with Crippen LogP contribution in [0.3, 0.4) is 0 Å². The Morgan fingerprint density at radius 3 is 2.50 bits per heavy atom. The summed E-state index contributed by atoms with van der Waals surface area (Å²) in [6.07, 6.45) is 4.35. The van der Waals surface area contributed by atoms with Gasteiger partial charge in [0, 0.05) is 57.7 Å².